The molecule has 1 heterocycles. The van der Waals surface area contributed by atoms with Crippen molar-refractivity contribution in [2.75, 3.05) is 7.11 Å². The largest absolute Gasteiger partial charge is 0.465 e. The maximum absolute atomic E-state index is 11.7. The number of aliphatic hydroxyl groups excluding tert-OH is 1. The maximum atomic E-state index is 11.7. The van der Waals surface area contributed by atoms with Crippen LogP contribution in [0.2, 0.25) is 18.1 Å². The molecule has 0 amide bonds. The van der Waals surface area contributed by atoms with E-state index in [9.17, 15) is 9.90 Å². The fourth-order valence-corrected chi connectivity index (χ4v) is 7.98. The van der Waals surface area contributed by atoms with Gasteiger partial charge < -0.3 is 14.3 Å². The number of hydrogen-bond acceptors (Lipinski definition) is 5. The van der Waals surface area contributed by atoms with E-state index in [0.717, 1.165) is 38.5 Å². The van der Waals surface area contributed by atoms with Crippen LogP contribution >= 0.6 is 22.9 Å². The average Bonchev–Trinajstić information content (AvgIpc) is 3.35. The number of rotatable bonds is 13. The van der Waals surface area contributed by atoms with Gasteiger partial charge in [0, 0.05) is 22.8 Å². The Balaban J connectivity index is 1.95. The first-order valence-corrected chi connectivity index (χ1v) is 17.8. The number of ether oxygens (including phenoxy) is 1. The molecule has 1 aromatic heterocycles. The number of thiophene rings is 1. The lowest BCUT2D eigenvalue weighted by molar-refractivity contribution is 0.0606. The van der Waals surface area contributed by atoms with Gasteiger partial charge in [-0.25, -0.2) is 4.79 Å². The molecule has 6 atom stereocenters. The van der Waals surface area contributed by atoms with Crippen LogP contribution in [0, 0.1) is 17.8 Å². The second-order valence-corrected chi connectivity index (χ2v) is 18.6. The number of hydrogen-bond donors (Lipinski definition) is 1. The minimum Gasteiger partial charge on any atom is -0.465 e. The molecule has 0 radical (unpaired) electrons. The molecule has 0 bridgehead atoms. The third-order valence-corrected chi connectivity index (χ3v) is 14.3. The molecule has 1 aromatic rings. The van der Waals surface area contributed by atoms with Crippen LogP contribution < -0.4 is 0 Å². The van der Waals surface area contributed by atoms with Gasteiger partial charge in [-0.1, -0.05) is 53.2 Å². The number of carbonyl (C=O) groups is 1. The zero-order valence-electron chi connectivity index (χ0n) is 23.7. The third kappa shape index (κ3) is 8.97. The molecular formula is C29H49ClO4SSi. The summed E-state index contributed by atoms with van der Waals surface area (Å²) >= 11 is 8.32. The van der Waals surface area contributed by atoms with Gasteiger partial charge in [-0.15, -0.1) is 22.9 Å². The molecular weight excluding hydrogens is 508 g/mol. The molecule has 1 aliphatic rings. The summed E-state index contributed by atoms with van der Waals surface area (Å²) in [5.74, 6) is 1.02. The van der Waals surface area contributed by atoms with E-state index >= 15 is 0 Å². The smallest absolute Gasteiger partial charge is 0.348 e. The number of esters is 1. The Kier molecular flexibility index (Phi) is 12.2. The zero-order valence-corrected chi connectivity index (χ0v) is 26.3. The topological polar surface area (TPSA) is 55.8 Å². The number of methoxy groups -OCH3 is 1. The van der Waals surface area contributed by atoms with Gasteiger partial charge in [0.15, 0.2) is 8.32 Å². The maximum Gasteiger partial charge on any atom is 0.348 e. The lowest BCUT2D eigenvalue weighted by Gasteiger charge is -2.39. The van der Waals surface area contributed by atoms with Gasteiger partial charge in [-0.2, -0.15) is 0 Å². The van der Waals surface area contributed by atoms with Crippen molar-refractivity contribution >= 4 is 37.2 Å². The number of allylic oxidation sites excluding steroid dienone is 1. The predicted octanol–water partition coefficient (Wildman–Crippen LogP) is 8.23. The zero-order chi connectivity index (χ0) is 27.1. The summed E-state index contributed by atoms with van der Waals surface area (Å²) in [5, 5.41) is 11.2. The molecule has 0 spiro atoms. The highest BCUT2D eigenvalue weighted by molar-refractivity contribution is 7.13. The van der Waals surface area contributed by atoms with Gasteiger partial charge >= 0.3 is 5.97 Å². The molecule has 1 unspecified atom stereocenters. The van der Waals surface area contributed by atoms with Crippen molar-refractivity contribution < 1.29 is 19.1 Å². The first-order valence-electron chi connectivity index (χ1n) is 13.6. The summed E-state index contributed by atoms with van der Waals surface area (Å²) in [6, 6.07) is 3.88. The van der Waals surface area contributed by atoms with E-state index in [1.54, 1.807) is 0 Å². The molecule has 1 saturated carbocycles. The summed E-state index contributed by atoms with van der Waals surface area (Å²) in [5.41, 5.74) is 0. The molecule has 0 saturated heterocycles. The summed E-state index contributed by atoms with van der Waals surface area (Å²) in [7, 11) is -0.463. The highest BCUT2D eigenvalue weighted by Gasteiger charge is 2.40. The molecule has 36 heavy (non-hydrogen) atoms. The summed E-state index contributed by atoms with van der Waals surface area (Å²) < 4.78 is 11.5. The highest BCUT2D eigenvalue weighted by atomic mass is 35.5. The number of aryl methyl sites for hydroxylation is 1. The Morgan fingerprint density at radius 3 is 2.64 bits per heavy atom. The molecule has 1 N–H and O–H groups in total. The normalized spacial score (nSPS) is 24.8. The third-order valence-electron chi connectivity index (χ3n) is 8.16. The number of halogens is 1. The van der Waals surface area contributed by atoms with Crippen LogP contribution in [-0.4, -0.2) is 44.1 Å². The van der Waals surface area contributed by atoms with Crippen LogP contribution in [0.25, 0.3) is 0 Å². The second-order valence-electron chi connectivity index (χ2n) is 12.1. The fraction of sp³-hybridized carbons (Fsp3) is 0.759. The Labute approximate surface area is 229 Å². The first kappa shape index (κ1) is 31.6. The molecule has 4 nitrogen and oxygen atoms in total. The number of aliphatic hydroxyl groups is 1. The van der Waals surface area contributed by atoms with Crippen LogP contribution in [0.5, 0.6) is 0 Å². The Bertz CT molecular complexity index is 847. The first-order chi connectivity index (χ1) is 16.8. The molecule has 7 heteroatoms. The summed E-state index contributed by atoms with van der Waals surface area (Å²) in [6.45, 7) is 15.8. The standard InChI is InChI=1S/C29H49ClO4SSi/c1-9-11-22(34-36(7,8)29(3,4)5)19-21(31)14-16-24-20(2)18-26(30)25(24)13-10-12-23-15-17-27(35-23)28(32)33-6/h14-17,20-22,24-26,31H,9-13,18-19H2,1-8H3/b16-14+/t20-,21-,22?,24+,25-,26-/m1/s1. The fourth-order valence-electron chi connectivity index (χ4n) is 5.04. The van der Waals surface area contributed by atoms with Gasteiger partial charge in [0.05, 0.1) is 13.2 Å². The minimum absolute atomic E-state index is 0.0915. The van der Waals surface area contributed by atoms with E-state index in [2.05, 4.69) is 53.8 Å². The summed E-state index contributed by atoms with van der Waals surface area (Å²) in [4.78, 5) is 13.6. The lowest BCUT2D eigenvalue weighted by atomic mass is 9.86. The minimum atomic E-state index is -1.88. The van der Waals surface area contributed by atoms with Crippen molar-refractivity contribution in [1.82, 2.24) is 0 Å². The van der Waals surface area contributed by atoms with Crippen LogP contribution in [0.15, 0.2) is 24.3 Å². The van der Waals surface area contributed by atoms with Crippen LogP contribution in [0.4, 0.5) is 0 Å². The van der Waals surface area contributed by atoms with E-state index in [4.69, 9.17) is 20.8 Å². The highest BCUT2D eigenvalue weighted by Crippen LogP contribution is 2.44. The molecule has 1 aliphatic carbocycles. The lowest BCUT2D eigenvalue weighted by Crippen LogP contribution is -2.44. The summed E-state index contributed by atoms with van der Waals surface area (Å²) in [6.07, 6.45) is 10.5. The van der Waals surface area contributed by atoms with Crippen LogP contribution in [0.1, 0.15) is 87.7 Å². The van der Waals surface area contributed by atoms with Crippen molar-refractivity contribution in [3.8, 4) is 0 Å². The van der Waals surface area contributed by atoms with Gasteiger partial charge in [-0.05, 0) is 80.1 Å². The molecule has 1 fully saturated rings. The van der Waals surface area contributed by atoms with Crippen molar-refractivity contribution in [2.24, 2.45) is 17.8 Å². The molecule has 0 aromatic carbocycles. The molecule has 0 aliphatic heterocycles. The number of carbonyl (C=O) groups excluding carboxylic acids is 1. The Morgan fingerprint density at radius 1 is 1.33 bits per heavy atom. The van der Waals surface area contributed by atoms with Gasteiger partial charge in [0.1, 0.15) is 4.88 Å². The predicted molar refractivity (Wildman–Crippen MR) is 156 cm³/mol. The van der Waals surface area contributed by atoms with E-state index < -0.39 is 14.4 Å². The van der Waals surface area contributed by atoms with E-state index in [0.29, 0.717) is 29.1 Å². The average molecular weight is 557 g/mol. The van der Waals surface area contributed by atoms with Crippen molar-refractivity contribution in [2.45, 2.75) is 115 Å². The van der Waals surface area contributed by atoms with Gasteiger partial charge in [-0.3, -0.25) is 0 Å². The van der Waals surface area contributed by atoms with Crippen molar-refractivity contribution in [3.63, 3.8) is 0 Å². The number of alkyl halides is 1. The molecule has 206 valence electrons. The van der Waals surface area contributed by atoms with E-state index in [1.807, 2.05) is 18.2 Å². The second kappa shape index (κ2) is 13.9. The van der Waals surface area contributed by atoms with Crippen molar-refractivity contribution in [1.29, 1.82) is 0 Å². The van der Waals surface area contributed by atoms with Crippen LogP contribution in [-0.2, 0) is 15.6 Å². The SMILES string of the molecule is CCCC(C[C@H](O)/C=C/[C@@H]1[C@@H](CCCc2ccc(C(=O)OC)s2)[C@H](Cl)C[C@H]1C)O[Si](C)(C)C(C)(C)C. The van der Waals surface area contributed by atoms with Crippen molar-refractivity contribution in [3.05, 3.63) is 34.0 Å². The Morgan fingerprint density at radius 2 is 2.03 bits per heavy atom. The molecule has 2 rings (SSSR count). The Hall–Kier alpha value is -0.663. The van der Waals surface area contributed by atoms with Gasteiger partial charge in [0.25, 0.3) is 0 Å². The monoisotopic (exact) mass is 556 g/mol. The van der Waals surface area contributed by atoms with Gasteiger partial charge in [0.2, 0.25) is 0 Å². The quantitative estimate of drug-likeness (QED) is 0.115. The van der Waals surface area contributed by atoms with E-state index in [1.165, 1.54) is 23.3 Å². The van der Waals surface area contributed by atoms with Crippen LogP contribution in [0.3, 0.4) is 0 Å². The van der Waals surface area contributed by atoms with E-state index in [-0.39, 0.29) is 22.5 Å².